The first-order valence-electron chi connectivity index (χ1n) is 9.28. The highest BCUT2D eigenvalue weighted by Crippen LogP contribution is 2.26. The third-order valence-electron chi connectivity index (χ3n) is 4.20. The molecule has 0 saturated heterocycles. The first-order valence-corrected chi connectivity index (χ1v) is 10.4. The van der Waals surface area contributed by atoms with Crippen molar-refractivity contribution in [2.45, 2.75) is 38.9 Å². The number of carbonyl (C=O) groups is 1. The summed E-state index contributed by atoms with van der Waals surface area (Å²) in [4.78, 5) is 16.9. The largest absolute Gasteiger partial charge is 0.310 e. The Morgan fingerprint density at radius 1 is 1.14 bits per heavy atom. The number of thioether (sulfide) groups is 1. The summed E-state index contributed by atoms with van der Waals surface area (Å²) in [6.45, 7) is 8.37. The maximum absolute atomic E-state index is 12.5. The zero-order chi connectivity index (χ0) is 20.1. The summed E-state index contributed by atoms with van der Waals surface area (Å²) in [5.41, 5.74) is 3.24. The molecule has 0 aliphatic rings. The second kappa shape index (κ2) is 8.61. The molecule has 0 atom stereocenters. The van der Waals surface area contributed by atoms with Crippen molar-refractivity contribution in [2.75, 3.05) is 11.1 Å². The van der Waals surface area contributed by atoms with E-state index in [4.69, 9.17) is 0 Å². The lowest BCUT2D eigenvalue weighted by atomic mass is 9.92. The zero-order valence-corrected chi connectivity index (χ0v) is 17.6. The molecular formula is C22H26N4OS. The minimum Gasteiger partial charge on any atom is -0.310 e. The molecule has 2 heterocycles. The van der Waals surface area contributed by atoms with Crippen molar-refractivity contribution < 1.29 is 4.79 Å². The lowest BCUT2D eigenvalue weighted by Gasteiger charge is -2.13. The van der Waals surface area contributed by atoms with E-state index in [1.807, 2.05) is 30.3 Å². The van der Waals surface area contributed by atoms with Gasteiger partial charge in [0.2, 0.25) is 5.91 Å². The maximum atomic E-state index is 12.5. The Bertz CT molecular complexity index is 945. The maximum Gasteiger partial charge on any atom is 0.235 e. The third kappa shape index (κ3) is 5.23. The summed E-state index contributed by atoms with van der Waals surface area (Å²) < 4.78 is 1.70. The number of carbonyl (C=O) groups excluding carboxylic acids is 1. The van der Waals surface area contributed by atoms with Gasteiger partial charge in [-0.2, -0.15) is 9.78 Å². The second-order valence-corrected chi connectivity index (χ2v) is 8.78. The molecule has 2 aromatic heterocycles. The molecule has 0 saturated carbocycles. The Balaban J connectivity index is 1.70. The van der Waals surface area contributed by atoms with Gasteiger partial charge in [-0.1, -0.05) is 56.7 Å². The molecule has 3 rings (SSSR count). The fourth-order valence-corrected chi connectivity index (χ4v) is 3.51. The highest BCUT2D eigenvalue weighted by Gasteiger charge is 2.21. The number of nitrogens with one attached hydrogen (secondary N) is 1. The molecule has 146 valence electrons. The van der Waals surface area contributed by atoms with E-state index < -0.39 is 0 Å². The lowest BCUT2D eigenvalue weighted by molar-refractivity contribution is -0.113. The van der Waals surface area contributed by atoms with E-state index in [9.17, 15) is 4.79 Å². The first-order chi connectivity index (χ1) is 13.3. The summed E-state index contributed by atoms with van der Waals surface area (Å²) >= 11 is 1.60. The van der Waals surface area contributed by atoms with Crippen LogP contribution in [0, 0.1) is 6.92 Å². The van der Waals surface area contributed by atoms with Crippen LogP contribution in [0.4, 0.5) is 5.82 Å². The van der Waals surface area contributed by atoms with E-state index in [1.165, 1.54) is 11.1 Å². The summed E-state index contributed by atoms with van der Waals surface area (Å²) in [6.07, 6.45) is 1.72. The third-order valence-corrected chi connectivity index (χ3v) is 5.20. The molecule has 1 N–H and O–H groups in total. The summed E-state index contributed by atoms with van der Waals surface area (Å²) in [5.74, 6) is 2.47. The molecule has 0 aliphatic heterocycles. The molecule has 0 unspecified atom stereocenters. The van der Waals surface area contributed by atoms with Crippen LogP contribution in [0.1, 0.15) is 37.6 Å². The standard InChI is InChI=1S/C22H26N4OS/c1-16-8-7-9-17(12-16)14-28-15-21(27)24-20-13-18(22(2,3)4)25-26(20)19-10-5-6-11-23-19/h5-13H,14-15H2,1-4H3,(H,24,27). The van der Waals surface area contributed by atoms with Crippen molar-refractivity contribution in [3.05, 3.63) is 71.5 Å². The van der Waals surface area contributed by atoms with Crippen molar-refractivity contribution in [1.29, 1.82) is 0 Å². The predicted molar refractivity (Wildman–Crippen MR) is 116 cm³/mol. The van der Waals surface area contributed by atoms with Crippen LogP contribution in [0.15, 0.2) is 54.7 Å². The van der Waals surface area contributed by atoms with Crippen LogP contribution in [0.25, 0.3) is 5.82 Å². The van der Waals surface area contributed by atoms with E-state index in [0.717, 1.165) is 11.4 Å². The molecule has 5 nitrogen and oxygen atoms in total. The molecule has 6 heteroatoms. The van der Waals surface area contributed by atoms with Crippen LogP contribution >= 0.6 is 11.8 Å². The molecule has 28 heavy (non-hydrogen) atoms. The number of nitrogens with zero attached hydrogens (tertiary/aromatic N) is 3. The number of rotatable bonds is 6. The zero-order valence-electron chi connectivity index (χ0n) is 16.8. The van der Waals surface area contributed by atoms with Gasteiger partial charge in [0.15, 0.2) is 5.82 Å². The molecule has 0 radical (unpaired) electrons. The van der Waals surface area contributed by atoms with Crippen LogP contribution in [-0.4, -0.2) is 26.4 Å². The number of hydrogen-bond acceptors (Lipinski definition) is 4. The number of amides is 1. The Morgan fingerprint density at radius 2 is 1.96 bits per heavy atom. The van der Waals surface area contributed by atoms with Crippen molar-refractivity contribution in [1.82, 2.24) is 14.8 Å². The Kier molecular flexibility index (Phi) is 6.19. The average Bonchev–Trinajstić information content (AvgIpc) is 3.07. The monoisotopic (exact) mass is 394 g/mol. The molecule has 0 fully saturated rings. The molecule has 0 aliphatic carbocycles. The molecule has 0 bridgehead atoms. The van der Waals surface area contributed by atoms with Crippen molar-refractivity contribution in [3.8, 4) is 5.82 Å². The van der Waals surface area contributed by atoms with Gasteiger partial charge in [-0.05, 0) is 24.6 Å². The van der Waals surface area contributed by atoms with Gasteiger partial charge in [0, 0.05) is 23.4 Å². The number of pyridine rings is 1. The molecule has 1 aromatic carbocycles. The van der Waals surface area contributed by atoms with Crippen LogP contribution in [0.5, 0.6) is 0 Å². The number of aromatic nitrogens is 3. The SMILES string of the molecule is Cc1cccc(CSCC(=O)Nc2cc(C(C)(C)C)nn2-c2ccccn2)c1. The van der Waals surface area contributed by atoms with Gasteiger partial charge in [0.05, 0.1) is 11.4 Å². The number of aryl methyl sites for hydroxylation is 1. The van der Waals surface area contributed by atoms with Crippen LogP contribution in [0.2, 0.25) is 0 Å². The van der Waals surface area contributed by atoms with E-state index >= 15 is 0 Å². The Morgan fingerprint density at radius 3 is 2.64 bits per heavy atom. The van der Waals surface area contributed by atoms with Crippen LogP contribution in [-0.2, 0) is 16.0 Å². The predicted octanol–water partition coefficient (Wildman–Crippen LogP) is 4.75. The summed E-state index contributed by atoms with van der Waals surface area (Å²) in [5, 5.41) is 7.67. The Hall–Kier alpha value is -2.60. The highest BCUT2D eigenvalue weighted by atomic mass is 32.2. The van der Waals surface area contributed by atoms with Crippen LogP contribution < -0.4 is 5.32 Å². The van der Waals surface area contributed by atoms with Crippen LogP contribution in [0.3, 0.4) is 0 Å². The first kappa shape index (κ1) is 20.1. The minimum atomic E-state index is -0.126. The molecule has 3 aromatic rings. The number of benzene rings is 1. The fraction of sp³-hybridized carbons (Fsp3) is 0.318. The summed E-state index contributed by atoms with van der Waals surface area (Å²) in [6, 6.07) is 15.9. The van der Waals surface area contributed by atoms with Crippen molar-refractivity contribution in [2.24, 2.45) is 0 Å². The van der Waals surface area contributed by atoms with Crippen molar-refractivity contribution >= 4 is 23.5 Å². The summed E-state index contributed by atoms with van der Waals surface area (Å²) in [7, 11) is 0. The van der Waals surface area contributed by atoms with Gasteiger partial charge in [-0.3, -0.25) is 4.79 Å². The van der Waals surface area contributed by atoms with Gasteiger partial charge in [-0.25, -0.2) is 4.98 Å². The highest BCUT2D eigenvalue weighted by molar-refractivity contribution is 7.99. The van der Waals surface area contributed by atoms with Gasteiger partial charge < -0.3 is 5.32 Å². The molecular weight excluding hydrogens is 368 g/mol. The van der Waals surface area contributed by atoms with Crippen molar-refractivity contribution in [3.63, 3.8) is 0 Å². The van der Waals surface area contributed by atoms with E-state index in [0.29, 0.717) is 17.4 Å². The van der Waals surface area contributed by atoms with E-state index in [-0.39, 0.29) is 11.3 Å². The van der Waals surface area contributed by atoms with Gasteiger partial charge >= 0.3 is 0 Å². The van der Waals surface area contributed by atoms with Gasteiger partial charge in [-0.15, -0.1) is 11.8 Å². The second-order valence-electron chi connectivity index (χ2n) is 7.79. The lowest BCUT2D eigenvalue weighted by Crippen LogP contribution is -2.17. The topological polar surface area (TPSA) is 59.8 Å². The van der Waals surface area contributed by atoms with Gasteiger partial charge in [0.1, 0.15) is 5.82 Å². The normalized spacial score (nSPS) is 11.4. The smallest absolute Gasteiger partial charge is 0.235 e. The molecule has 0 spiro atoms. The fourth-order valence-electron chi connectivity index (χ4n) is 2.73. The number of anilines is 1. The molecule has 1 amide bonds. The number of hydrogen-bond donors (Lipinski definition) is 1. The van der Waals surface area contributed by atoms with E-state index in [1.54, 1.807) is 22.6 Å². The minimum absolute atomic E-state index is 0.0461. The average molecular weight is 395 g/mol. The van der Waals surface area contributed by atoms with E-state index in [2.05, 4.69) is 61.3 Å². The Labute approximate surface area is 170 Å². The quantitative estimate of drug-likeness (QED) is 0.656. The van der Waals surface area contributed by atoms with Gasteiger partial charge in [0.25, 0.3) is 0 Å².